The minimum Gasteiger partial charge on any atom is -0.491 e. The third kappa shape index (κ3) is 7.81. The number of nitrogens with zero attached hydrogens (tertiary/aromatic N) is 2. The molecule has 2 rings (SSSR count). The summed E-state index contributed by atoms with van der Waals surface area (Å²) >= 11 is 0. The quantitative estimate of drug-likeness (QED) is 0.344. The molecule has 7 heteroatoms. The third-order valence-corrected chi connectivity index (χ3v) is 3.96. The molecule has 29 heavy (non-hydrogen) atoms. The van der Waals surface area contributed by atoms with Crippen molar-refractivity contribution in [3.63, 3.8) is 0 Å². The average Bonchev–Trinajstić information content (AvgIpc) is 2.70. The molecule has 0 aliphatic heterocycles. The summed E-state index contributed by atoms with van der Waals surface area (Å²) in [7, 11) is 0. The lowest BCUT2D eigenvalue weighted by Gasteiger charge is -2.15. The van der Waals surface area contributed by atoms with Crippen LogP contribution in [0.4, 0.5) is 0 Å². The number of hydrogen-bond acceptors (Lipinski definition) is 4. The molecule has 0 fully saturated rings. The summed E-state index contributed by atoms with van der Waals surface area (Å²) < 4.78 is 5.92. The van der Waals surface area contributed by atoms with Gasteiger partial charge < -0.3 is 20.7 Å². The molecular formula is C22H31N5O2. The summed E-state index contributed by atoms with van der Waals surface area (Å²) in [6.45, 7) is 10.4. The molecule has 0 unspecified atom stereocenters. The number of aryl methyl sites for hydroxylation is 1. The number of aromatic nitrogens is 1. The number of nitrogens with one attached hydrogen (secondary N) is 3. The molecule has 2 aromatic rings. The van der Waals surface area contributed by atoms with E-state index in [0.717, 1.165) is 23.4 Å². The van der Waals surface area contributed by atoms with Gasteiger partial charge in [0.25, 0.3) is 5.91 Å². The van der Waals surface area contributed by atoms with Crippen LogP contribution < -0.4 is 20.7 Å². The fourth-order valence-electron chi connectivity index (χ4n) is 2.62. The van der Waals surface area contributed by atoms with E-state index in [1.807, 2.05) is 39.8 Å². The molecule has 0 saturated carbocycles. The minimum absolute atomic E-state index is 0.106. The number of benzene rings is 1. The Labute approximate surface area is 173 Å². The van der Waals surface area contributed by atoms with Crippen LogP contribution in [-0.2, 0) is 6.54 Å². The van der Waals surface area contributed by atoms with Gasteiger partial charge >= 0.3 is 0 Å². The van der Waals surface area contributed by atoms with Crippen molar-refractivity contribution in [1.82, 2.24) is 20.9 Å². The van der Waals surface area contributed by atoms with Gasteiger partial charge in [-0.1, -0.05) is 12.1 Å². The Morgan fingerprint density at radius 3 is 2.66 bits per heavy atom. The van der Waals surface area contributed by atoms with E-state index in [1.54, 1.807) is 24.5 Å². The van der Waals surface area contributed by atoms with Crippen LogP contribution in [0.2, 0.25) is 0 Å². The molecule has 0 bridgehead atoms. The van der Waals surface area contributed by atoms with Gasteiger partial charge in [0.2, 0.25) is 0 Å². The molecule has 1 amide bonds. The van der Waals surface area contributed by atoms with E-state index in [4.69, 9.17) is 4.74 Å². The maximum atomic E-state index is 12.0. The van der Waals surface area contributed by atoms with Gasteiger partial charge in [0.05, 0.1) is 18.2 Å². The lowest BCUT2D eigenvalue weighted by atomic mass is 10.1. The highest BCUT2D eigenvalue weighted by molar-refractivity contribution is 5.93. The molecule has 0 aliphatic rings. The number of carbonyl (C=O) groups is 1. The topological polar surface area (TPSA) is 87.6 Å². The molecule has 1 aromatic heterocycles. The molecule has 1 heterocycles. The van der Waals surface area contributed by atoms with Crippen LogP contribution in [0.15, 0.2) is 47.7 Å². The predicted molar refractivity (Wildman–Crippen MR) is 116 cm³/mol. The lowest BCUT2D eigenvalue weighted by Crippen LogP contribution is -2.41. The number of guanidine groups is 1. The van der Waals surface area contributed by atoms with Gasteiger partial charge in [-0.25, -0.2) is 4.99 Å². The van der Waals surface area contributed by atoms with E-state index < -0.39 is 0 Å². The molecule has 7 nitrogen and oxygen atoms in total. The first-order valence-electron chi connectivity index (χ1n) is 9.96. The van der Waals surface area contributed by atoms with Crippen molar-refractivity contribution < 1.29 is 9.53 Å². The van der Waals surface area contributed by atoms with E-state index in [9.17, 15) is 4.79 Å². The van der Waals surface area contributed by atoms with E-state index in [1.165, 1.54) is 0 Å². The lowest BCUT2D eigenvalue weighted by molar-refractivity contribution is 0.0954. The zero-order valence-corrected chi connectivity index (χ0v) is 17.7. The normalized spacial score (nSPS) is 11.3. The van der Waals surface area contributed by atoms with Crippen molar-refractivity contribution in [3.8, 4) is 5.75 Å². The van der Waals surface area contributed by atoms with Crippen molar-refractivity contribution in [1.29, 1.82) is 0 Å². The second-order valence-electron chi connectivity index (χ2n) is 6.90. The highest BCUT2D eigenvalue weighted by Gasteiger charge is 2.07. The van der Waals surface area contributed by atoms with Gasteiger partial charge in [-0.15, -0.1) is 0 Å². The van der Waals surface area contributed by atoms with Gasteiger partial charge in [0.1, 0.15) is 5.75 Å². The van der Waals surface area contributed by atoms with Crippen molar-refractivity contribution in [3.05, 3.63) is 59.4 Å². The zero-order chi connectivity index (χ0) is 21.1. The molecule has 0 spiro atoms. The van der Waals surface area contributed by atoms with Crippen LogP contribution in [0.25, 0.3) is 0 Å². The fourth-order valence-corrected chi connectivity index (χ4v) is 2.62. The highest BCUT2D eigenvalue weighted by atomic mass is 16.5. The largest absolute Gasteiger partial charge is 0.491 e. The zero-order valence-electron chi connectivity index (χ0n) is 17.7. The monoisotopic (exact) mass is 397 g/mol. The summed E-state index contributed by atoms with van der Waals surface area (Å²) in [6.07, 6.45) is 3.30. The maximum Gasteiger partial charge on any atom is 0.252 e. The number of ether oxygens (including phenoxy) is 1. The van der Waals surface area contributed by atoms with Crippen molar-refractivity contribution in [2.75, 3.05) is 19.6 Å². The number of carbonyl (C=O) groups excluding carboxylic acids is 1. The third-order valence-electron chi connectivity index (χ3n) is 3.96. The van der Waals surface area contributed by atoms with Gasteiger partial charge in [0.15, 0.2) is 5.96 Å². The minimum atomic E-state index is -0.142. The number of amides is 1. The van der Waals surface area contributed by atoms with Crippen LogP contribution in [0.3, 0.4) is 0 Å². The Kier molecular flexibility index (Phi) is 8.95. The first kappa shape index (κ1) is 22.2. The van der Waals surface area contributed by atoms with Gasteiger partial charge in [0, 0.05) is 37.6 Å². The van der Waals surface area contributed by atoms with Gasteiger partial charge in [-0.3, -0.25) is 9.78 Å². The first-order valence-corrected chi connectivity index (χ1v) is 9.96. The standard InChI is InChI=1S/C22H31N5O2/c1-5-24-22(26-12-11-25-21(28)19-7-6-10-23-14-19)27-15-18-9-8-17(4)13-20(18)29-16(2)3/h6-10,13-14,16H,5,11-12,15H2,1-4H3,(H,25,28)(H2,24,26,27). The van der Waals surface area contributed by atoms with Crippen molar-refractivity contribution in [2.45, 2.75) is 40.3 Å². The average molecular weight is 398 g/mol. The number of rotatable bonds is 9. The molecule has 0 saturated heterocycles. The summed E-state index contributed by atoms with van der Waals surface area (Å²) in [5.74, 6) is 1.42. The molecule has 156 valence electrons. The van der Waals surface area contributed by atoms with Crippen LogP contribution in [-0.4, -0.2) is 42.6 Å². The van der Waals surface area contributed by atoms with E-state index >= 15 is 0 Å². The molecule has 0 radical (unpaired) electrons. The Morgan fingerprint density at radius 1 is 1.17 bits per heavy atom. The molecule has 1 aromatic carbocycles. The summed E-state index contributed by atoms with van der Waals surface area (Å²) in [5.41, 5.74) is 2.74. The number of pyridine rings is 1. The van der Waals surface area contributed by atoms with Crippen LogP contribution in [0, 0.1) is 6.92 Å². The molecule has 3 N–H and O–H groups in total. The van der Waals surface area contributed by atoms with Crippen molar-refractivity contribution >= 4 is 11.9 Å². The predicted octanol–water partition coefficient (Wildman–Crippen LogP) is 2.66. The van der Waals surface area contributed by atoms with Crippen molar-refractivity contribution in [2.24, 2.45) is 4.99 Å². The Bertz CT molecular complexity index is 806. The van der Waals surface area contributed by atoms with E-state index in [0.29, 0.717) is 31.2 Å². The first-order chi connectivity index (χ1) is 14.0. The second kappa shape index (κ2) is 11.7. The van der Waals surface area contributed by atoms with Gasteiger partial charge in [-0.2, -0.15) is 0 Å². The van der Waals surface area contributed by atoms with E-state index in [-0.39, 0.29) is 12.0 Å². The smallest absolute Gasteiger partial charge is 0.252 e. The SMILES string of the molecule is CCNC(=NCc1ccc(C)cc1OC(C)C)NCCNC(=O)c1cccnc1. The Balaban J connectivity index is 1.90. The maximum absolute atomic E-state index is 12.0. The molecular weight excluding hydrogens is 366 g/mol. The van der Waals surface area contributed by atoms with Crippen LogP contribution >= 0.6 is 0 Å². The Morgan fingerprint density at radius 2 is 1.97 bits per heavy atom. The van der Waals surface area contributed by atoms with Gasteiger partial charge in [-0.05, 0) is 51.5 Å². The Hall–Kier alpha value is -3.09. The fraction of sp³-hybridized carbons (Fsp3) is 0.409. The van der Waals surface area contributed by atoms with Crippen LogP contribution in [0.1, 0.15) is 42.3 Å². The molecule has 0 aliphatic carbocycles. The number of hydrogen-bond donors (Lipinski definition) is 3. The summed E-state index contributed by atoms with van der Waals surface area (Å²) in [5, 5.41) is 9.32. The summed E-state index contributed by atoms with van der Waals surface area (Å²) in [4.78, 5) is 20.6. The number of aliphatic imine (C=N–C) groups is 1. The van der Waals surface area contributed by atoms with E-state index in [2.05, 4.69) is 32.0 Å². The highest BCUT2D eigenvalue weighted by Crippen LogP contribution is 2.22. The molecule has 0 atom stereocenters. The van der Waals surface area contributed by atoms with Crippen LogP contribution in [0.5, 0.6) is 5.75 Å². The summed E-state index contributed by atoms with van der Waals surface area (Å²) in [6, 6.07) is 9.63. The second-order valence-corrected chi connectivity index (χ2v) is 6.90.